The Morgan fingerprint density at radius 3 is 2.33 bits per heavy atom. The molecule has 0 heterocycles. The Labute approximate surface area is 107 Å². The first kappa shape index (κ1) is 12.3. The zero-order valence-electron chi connectivity index (χ0n) is 10.3. The average Bonchev–Trinajstić information content (AvgIpc) is 2.37. The fourth-order valence-electron chi connectivity index (χ4n) is 2.27. The summed E-state index contributed by atoms with van der Waals surface area (Å²) in [6, 6.07) is 12.6. The van der Waals surface area contributed by atoms with Gasteiger partial charge in [0, 0.05) is 17.2 Å². The second kappa shape index (κ2) is 5.00. The van der Waals surface area contributed by atoms with Crippen LogP contribution in [0.25, 0.3) is 0 Å². The molecule has 18 heavy (non-hydrogen) atoms. The number of hydrogen-bond donors (Lipinski definition) is 3. The number of para-hydroxylation sites is 2. The molecule has 0 amide bonds. The quantitative estimate of drug-likeness (QED) is 0.572. The van der Waals surface area contributed by atoms with Crippen LogP contribution in [0.3, 0.4) is 0 Å². The van der Waals surface area contributed by atoms with Crippen LogP contribution in [0.2, 0.25) is 0 Å². The number of nitrogen functional groups attached to an aromatic ring is 1. The van der Waals surface area contributed by atoms with Crippen LogP contribution in [0.1, 0.15) is 30.4 Å². The molecular weight excluding hydrogens is 226 g/mol. The molecule has 0 aliphatic rings. The maximum Gasteiger partial charge on any atom is 0.161 e. The fraction of sp³-hybridized carbons (Fsp3) is 0.200. The van der Waals surface area contributed by atoms with E-state index in [1.807, 2.05) is 37.3 Å². The van der Waals surface area contributed by atoms with Crippen molar-refractivity contribution in [2.45, 2.75) is 19.3 Å². The van der Waals surface area contributed by atoms with Crippen molar-refractivity contribution in [2.24, 2.45) is 0 Å². The van der Waals surface area contributed by atoms with Gasteiger partial charge in [-0.3, -0.25) is 0 Å². The maximum atomic E-state index is 9.96. The van der Waals surface area contributed by atoms with Gasteiger partial charge in [0.2, 0.25) is 0 Å². The molecule has 2 rings (SSSR count). The number of benzene rings is 2. The van der Waals surface area contributed by atoms with E-state index in [1.165, 1.54) is 6.07 Å². The van der Waals surface area contributed by atoms with Crippen molar-refractivity contribution in [3.05, 3.63) is 53.6 Å². The zero-order valence-corrected chi connectivity index (χ0v) is 10.3. The van der Waals surface area contributed by atoms with E-state index >= 15 is 0 Å². The second-order valence-corrected chi connectivity index (χ2v) is 4.30. The van der Waals surface area contributed by atoms with Crippen LogP contribution in [0.15, 0.2) is 42.5 Å². The molecule has 0 aliphatic heterocycles. The monoisotopic (exact) mass is 243 g/mol. The Morgan fingerprint density at radius 1 is 1.00 bits per heavy atom. The smallest absolute Gasteiger partial charge is 0.161 e. The summed E-state index contributed by atoms with van der Waals surface area (Å²) in [7, 11) is 0. The topological polar surface area (TPSA) is 66.5 Å². The van der Waals surface area contributed by atoms with Gasteiger partial charge in [-0.15, -0.1) is 0 Å². The van der Waals surface area contributed by atoms with Crippen LogP contribution in [0.5, 0.6) is 11.5 Å². The van der Waals surface area contributed by atoms with Crippen molar-refractivity contribution in [1.29, 1.82) is 0 Å². The summed E-state index contributed by atoms with van der Waals surface area (Å²) < 4.78 is 0. The molecule has 0 fully saturated rings. The molecule has 2 aromatic rings. The lowest BCUT2D eigenvalue weighted by Crippen LogP contribution is -2.04. The van der Waals surface area contributed by atoms with Crippen LogP contribution in [-0.2, 0) is 0 Å². The Bertz CT molecular complexity index is 552. The predicted molar refractivity (Wildman–Crippen MR) is 72.8 cm³/mol. The van der Waals surface area contributed by atoms with Gasteiger partial charge in [-0.2, -0.15) is 0 Å². The molecule has 1 unspecified atom stereocenters. The molecule has 0 saturated heterocycles. The lowest BCUT2D eigenvalue weighted by atomic mass is 9.87. The molecule has 0 aliphatic carbocycles. The van der Waals surface area contributed by atoms with Gasteiger partial charge in [0.15, 0.2) is 11.5 Å². The third-order valence-corrected chi connectivity index (χ3v) is 3.20. The van der Waals surface area contributed by atoms with Crippen molar-refractivity contribution >= 4 is 5.69 Å². The van der Waals surface area contributed by atoms with Gasteiger partial charge in [0.1, 0.15) is 0 Å². The van der Waals surface area contributed by atoms with Gasteiger partial charge >= 0.3 is 0 Å². The van der Waals surface area contributed by atoms with Crippen LogP contribution in [-0.4, -0.2) is 10.2 Å². The Kier molecular flexibility index (Phi) is 3.42. The van der Waals surface area contributed by atoms with Crippen molar-refractivity contribution in [3.8, 4) is 11.5 Å². The van der Waals surface area contributed by atoms with Crippen molar-refractivity contribution < 1.29 is 10.2 Å². The van der Waals surface area contributed by atoms with Crippen molar-refractivity contribution in [2.75, 3.05) is 5.73 Å². The lowest BCUT2D eigenvalue weighted by molar-refractivity contribution is 0.397. The van der Waals surface area contributed by atoms with Crippen LogP contribution in [0, 0.1) is 0 Å². The molecule has 3 nitrogen and oxygen atoms in total. The first-order valence-corrected chi connectivity index (χ1v) is 6.00. The summed E-state index contributed by atoms with van der Waals surface area (Å²) >= 11 is 0. The summed E-state index contributed by atoms with van der Waals surface area (Å²) in [6.07, 6.45) is 0.797. The number of rotatable bonds is 3. The number of nitrogens with two attached hydrogens (primary N) is 1. The standard InChI is InChI=1S/C15H17NO2/c1-2-10(11-6-3-4-8-13(11)16)12-7-5-9-14(17)15(12)18/h3-10,17-18H,2,16H2,1H3. The maximum absolute atomic E-state index is 9.96. The van der Waals surface area contributed by atoms with Crippen LogP contribution >= 0.6 is 0 Å². The molecule has 94 valence electrons. The molecular formula is C15H17NO2. The minimum atomic E-state index is -0.0968. The van der Waals surface area contributed by atoms with E-state index in [9.17, 15) is 10.2 Å². The summed E-state index contributed by atoms with van der Waals surface area (Å²) in [5.74, 6) is -0.175. The van der Waals surface area contributed by atoms with E-state index in [4.69, 9.17) is 5.73 Å². The Morgan fingerprint density at radius 2 is 1.67 bits per heavy atom. The average molecular weight is 243 g/mol. The van der Waals surface area contributed by atoms with E-state index in [1.54, 1.807) is 6.07 Å². The van der Waals surface area contributed by atoms with Crippen molar-refractivity contribution in [1.82, 2.24) is 0 Å². The van der Waals surface area contributed by atoms with Gasteiger partial charge in [-0.25, -0.2) is 0 Å². The normalized spacial score (nSPS) is 12.3. The van der Waals surface area contributed by atoms with E-state index in [-0.39, 0.29) is 17.4 Å². The first-order valence-electron chi connectivity index (χ1n) is 6.00. The van der Waals surface area contributed by atoms with Crippen molar-refractivity contribution in [3.63, 3.8) is 0 Å². The molecule has 3 heteroatoms. The van der Waals surface area contributed by atoms with Gasteiger partial charge in [0.25, 0.3) is 0 Å². The number of phenols is 2. The number of anilines is 1. The highest BCUT2D eigenvalue weighted by Crippen LogP contribution is 2.39. The van der Waals surface area contributed by atoms with Gasteiger partial charge in [0.05, 0.1) is 0 Å². The van der Waals surface area contributed by atoms with E-state index in [0.717, 1.165) is 12.0 Å². The number of aromatic hydroxyl groups is 2. The Balaban J connectivity index is 2.53. The number of hydrogen-bond acceptors (Lipinski definition) is 3. The molecule has 0 bridgehead atoms. The van der Waals surface area contributed by atoms with E-state index < -0.39 is 0 Å². The minimum Gasteiger partial charge on any atom is -0.504 e. The molecule has 4 N–H and O–H groups in total. The highest BCUT2D eigenvalue weighted by molar-refractivity contribution is 5.55. The number of phenolic OH excluding ortho intramolecular Hbond substituents is 2. The molecule has 0 radical (unpaired) electrons. The largest absolute Gasteiger partial charge is 0.504 e. The highest BCUT2D eigenvalue weighted by atomic mass is 16.3. The fourth-order valence-corrected chi connectivity index (χ4v) is 2.27. The first-order chi connectivity index (χ1) is 8.65. The summed E-state index contributed by atoms with van der Waals surface area (Å²) in [5, 5.41) is 19.5. The minimum absolute atomic E-state index is 0.0155. The summed E-state index contributed by atoms with van der Waals surface area (Å²) in [5.41, 5.74) is 8.36. The van der Waals surface area contributed by atoms with E-state index in [2.05, 4.69) is 0 Å². The third-order valence-electron chi connectivity index (χ3n) is 3.20. The van der Waals surface area contributed by atoms with Gasteiger partial charge in [-0.05, 0) is 24.1 Å². The lowest BCUT2D eigenvalue weighted by Gasteiger charge is -2.19. The molecule has 2 aromatic carbocycles. The van der Waals surface area contributed by atoms with Crippen LogP contribution in [0.4, 0.5) is 5.69 Å². The van der Waals surface area contributed by atoms with Gasteiger partial charge in [-0.1, -0.05) is 37.3 Å². The summed E-state index contributed by atoms with van der Waals surface area (Å²) in [4.78, 5) is 0. The molecule has 0 saturated carbocycles. The zero-order chi connectivity index (χ0) is 13.1. The van der Waals surface area contributed by atoms with E-state index in [0.29, 0.717) is 11.3 Å². The second-order valence-electron chi connectivity index (χ2n) is 4.30. The molecule has 1 atom stereocenters. The predicted octanol–water partition coefficient (Wildman–Crippen LogP) is 3.22. The molecule has 0 aromatic heterocycles. The van der Waals surface area contributed by atoms with Crippen LogP contribution < -0.4 is 5.73 Å². The SMILES string of the molecule is CCC(c1ccccc1N)c1cccc(O)c1O. The summed E-state index contributed by atoms with van der Waals surface area (Å²) in [6.45, 7) is 2.03. The highest BCUT2D eigenvalue weighted by Gasteiger charge is 2.19. The Hall–Kier alpha value is -2.16. The van der Waals surface area contributed by atoms with Gasteiger partial charge < -0.3 is 15.9 Å². The third kappa shape index (κ3) is 2.12. The molecule has 0 spiro atoms.